The van der Waals surface area contributed by atoms with Crippen molar-refractivity contribution in [3.8, 4) is 11.5 Å². The Morgan fingerprint density at radius 1 is 1.30 bits per heavy atom. The lowest BCUT2D eigenvalue weighted by atomic mass is 9.79. The number of nitrogens with zero attached hydrogens (tertiary/aromatic N) is 1. The summed E-state index contributed by atoms with van der Waals surface area (Å²) in [6, 6.07) is 12.4. The number of nitrogens with two attached hydrogens (primary N) is 1. The van der Waals surface area contributed by atoms with E-state index in [1.165, 1.54) is 0 Å². The number of benzene rings is 2. The molecule has 0 spiro atoms. The molecule has 0 atom stereocenters. The maximum absolute atomic E-state index is 12.5. The Bertz CT molecular complexity index is 892. The second-order valence-electron chi connectivity index (χ2n) is 6.89. The van der Waals surface area contributed by atoms with E-state index in [2.05, 4.69) is 36.6 Å². The summed E-state index contributed by atoms with van der Waals surface area (Å²) in [5.74, 6) is 0.875. The van der Waals surface area contributed by atoms with Crippen molar-refractivity contribution in [3.63, 3.8) is 0 Å². The van der Waals surface area contributed by atoms with Gasteiger partial charge in [-0.2, -0.15) is 5.10 Å². The van der Waals surface area contributed by atoms with E-state index in [0.717, 1.165) is 23.3 Å². The highest BCUT2D eigenvalue weighted by molar-refractivity contribution is 7.80. The van der Waals surface area contributed by atoms with Crippen molar-refractivity contribution in [2.24, 2.45) is 10.8 Å². The Morgan fingerprint density at radius 3 is 2.74 bits per heavy atom. The first-order valence-electron chi connectivity index (χ1n) is 8.53. The van der Waals surface area contributed by atoms with Crippen molar-refractivity contribution < 1.29 is 14.3 Å². The molecule has 0 aromatic heterocycles. The molecule has 27 heavy (non-hydrogen) atoms. The quantitative estimate of drug-likeness (QED) is 0.277. The van der Waals surface area contributed by atoms with Gasteiger partial charge in [0.2, 0.25) is 0 Å². The van der Waals surface area contributed by atoms with Crippen LogP contribution in [0.2, 0.25) is 0 Å². The monoisotopic (exact) mass is 383 g/mol. The van der Waals surface area contributed by atoms with Crippen molar-refractivity contribution in [1.29, 1.82) is 0 Å². The number of carbonyl (C=O) groups excluding carboxylic acids is 1. The van der Waals surface area contributed by atoms with E-state index in [0.29, 0.717) is 17.9 Å². The lowest BCUT2D eigenvalue weighted by Gasteiger charge is -2.32. The smallest absolute Gasteiger partial charge is 0.343 e. The first-order chi connectivity index (χ1) is 12.8. The Morgan fingerprint density at radius 2 is 2.04 bits per heavy atom. The zero-order valence-electron chi connectivity index (χ0n) is 15.2. The molecule has 0 fully saturated rings. The average molecular weight is 383 g/mol. The average Bonchev–Trinajstić information content (AvgIpc) is 2.62. The molecule has 140 valence electrons. The van der Waals surface area contributed by atoms with Gasteiger partial charge < -0.3 is 15.2 Å². The van der Waals surface area contributed by atoms with Crippen LogP contribution in [0.5, 0.6) is 11.5 Å². The van der Waals surface area contributed by atoms with Crippen LogP contribution in [0.4, 0.5) is 0 Å². The Balaban J connectivity index is 1.70. The van der Waals surface area contributed by atoms with Crippen LogP contribution >= 0.6 is 12.2 Å². The fourth-order valence-corrected chi connectivity index (χ4v) is 2.87. The minimum atomic E-state index is -0.407. The van der Waals surface area contributed by atoms with Crippen molar-refractivity contribution in [3.05, 3.63) is 59.2 Å². The third-order valence-corrected chi connectivity index (χ3v) is 4.50. The van der Waals surface area contributed by atoms with Crippen molar-refractivity contribution >= 4 is 29.5 Å². The molecule has 3 N–H and O–H groups in total. The number of hydrogen-bond donors (Lipinski definition) is 2. The van der Waals surface area contributed by atoms with Gasteiger partial charge in [-0.25, -0.2) is 4.79 Å². The topological polar surface area (TPSA) is 85.9 Å². The third kappa shape index (κ3) is 4.62. The molecule has 1 aliphatic rings. The van der Waals surface area contributed by atoms with Crippen LogP contribution in [0.3, 0.4) is 0 Å². The molecule has 1 aliphatic heterocycles. The number of hydrogen-bond acceptors (Lipinski definition) is 5. The van der Waals surface area contributed by atoms with E-state index < -0.39 is 5.97 Å². The molecule has 0 saturated carbocycles. The molecular weight excluding hydrogens is 362 g/mol. The number of ether oxygens (including phenoxy) is 2. The van der Waals surface area contributed by atoms with E-state index in [1.807, 2.05) is 12.1 Å². The van der Waals surface area contributed by atoms with Gasteiger partial charge in [0.1, 0.15) is 11.5 Å². The molecular formula is C20H21N3O3S. The SMILES string of the molecule is CC1(C)CCOc2ccc(C(=O)Oc3ccc(/C=N\NC(N)=S)cc3)cc21. The van der Waals surface area contributed by atoms with Gasteiger partial charge in [0, 0.05) is 5.56 Å². The molecule has 7 heteroatoms. The van der Waals surface area contributed by atoms with Gasteiger partial charge in [0.05, 0.1) is 18.4 Å². The molecule has 2 aromatic carbocycles. The summed E-state index contributed by atoms with van der Waals surface area (Å²) in [7, 11) is 0. The van der Waals surface area contributed by atoms with Crippen molar-refractivity contribution in [2.45, 2.75) is 25.7 Å². The van der Waals surface area contributed by atoms with Crippen molar-refractivity contribution in [1.82, 2.24) is 5.43 Å². The van der Waals surface area contributed by atoms with Crippen LogP contribution in [0, 0.1) is 0 Å². The zero-order chi connectivity index (χ0) is 19.4. The van der Waals surface area contributed by atoms with E-state index in [-0.39, 0.29) is 10.5 Å². The number of rotatable bonds is 4. The highest BCUT2D eigenvalue weighted by atomic mass is 32.1. The maximum atomic E-state index is 12.5. The van der Waals surface area contributed by atoms with Gasteiger partial charge in [-0.05, 0) is 72.1 Å². The van der Waals surface area contributed by atoms with Crippen LogP contribution in [0.1, 0.15) is 41.8 Å². The minimum Gasteiger partial charge on any atom is -0.493 e. The summed E-state index contributed by atoms with van der Waals surface area (Å²) in [6.07, 6.45) is 2.47. The Hall–Kier alpha value is -2.93. The fraction of sp³-hybridized carbons (Fsp3) is 0.250. The molecule has 0 aliphatic carbocycles. The summed E-state index contributed by atoms with van der Waals surface area (Å²) in [5.41, 5.74) is 10.1. The van der Waals surface area contributed by atoms with Gasteiger partial charge in [-0.15, -0.1) is 0 Å². The molecule has 3 rings (SSSR count). The van der Waals surface area contributed by atoms with Crippen molar-refractivity contribution in [2.75, 3.05) is 6.61 Å². The number of fused-ring (bicyclic) bond motifs is 1. The largest absolute Gasteiger partial charge is 0.493 e. The summed E-state index contributed by atoms with van der Waals surface area (Å²) in [6.45, 7) is 4.98. The molecule has 2 aromatic rings. The molecule has 1 heterocycles. The van der Waals surface area contributed by atoms with Crippen LogP contribution < -0.4 is 20.6 Å². The standard InChI is InChI=1S/C20H21N3O3S/c1-20(2)9-10-25-17-8-5-14(11-16(17)20)18(24)26-15-6-3-13(4-7-15)12-22-23-19(21)27/h3-8,11-12H,9-10H2,1-2H3,(H3,21,23,27)/b22-12-. The lowest BCUT2D eigenvalue weighted by molar-refractivity contribution is 0.0734. The van der Waals surface area contributed by atoms with E-state index in [9.17, 15) is 4.79 Å². The maximum Gasteiger partial charge on any atom is 0.343 e. The first kappa shape index (κ1) is 18.8. The molecule has 6 nitrogen and oxygen atoms in total. The zero-order valence-corrected chi connectivity index (χ0v) is 16.0. The number of hydrazone groups is 1. The number of esters is 1. The van der Waals surface area contributed by atoms with Gasteiger partial charge in [0.15, 0.2) is 5.11 Å². The van der Waals surface area contributed by atoms with Gasteiger partial charge in [-0.1, -0.05) is 13.8 Å². The number of carbonyl (C=O) groups is 1. The van der Waals surface area contributed by atoms with E-state index in [1.54, 1.807) is 36.5 Å². The van der Waals surface area contributed by atoms with Crippen LogP contribution in [0.15, 0.2) is 47.6 Å². The highest BCUT2D eigenvalue weighted by Gasteiger charge is 2.29. The second kappa shape index (κ2) is 7.75. The normalized spacial score (nSPS) is 14.9. The van der Waals surface area contributed by atoms with Crippen LogP contribution in [0.25, 0.3) is 0 Å². The third-order valence-electron chi connectivity index (χ3n) is 4.41. The predicted octanol–water partition coefficient (Wildman–Crippen LogP) is 3.13. The van der Waals surface area contributed by atoms with Gasteiger partial charge in [-0.3, -0.25) is 5.43 Å². The highest BCUT2D eigenvalue weighted by Crippen LogP contribution is 2.38. The molecule has 0 unspecified atom stereocenters. The summed E-state index contributed by atoms with van der Waals surface area (Å²) in [5, 5.41) is 3.97. The predicted molar refractivity (Wildman–Crippen MR) is 108 cm³/mol. The molecule has 0 saturated heterocycles. The summed E-state index contributed by atoms with van der Waals surface area (Å²) in [4.78, 5) is 12.5. The van der Waals surface area contributed by atoms with Crippen LogP contribution in [-0.4, -0.2) is 23.9 Å². The summed E-state index contributed by atoms with van der Waals surface area (Å²) < 4.78 is 11.2. The molecule has 0 bridgehead atoms. The number of thiocarbonyl (C=S) groups is 1. The van der Waals surface area contributed by atoms with E-state index in [4.69, 9.17) is 15.2 Å². The number of nitrogens with one attached hydrogen (secondary N) is 1. The Labute approximate surface area is 163 Å². The first-order valence-corrected chi connectivity index (χ1v) is 8.94. The van der Waals surface area contributed by atoms with E-state index >= 15 is 0 Å². The minimum absolute atomic E-state index is 0.0370. The summed E-state index contributed by atoms with van der Waals surface area (Å²) >= 11 is 4.66. The van der Waals surface area contributed by atoms with Gasteiger partial charge >= 0.3 is 5.97 Å². The fourth-order valence-electron chi connectivity index (χ4n) is 2.82. The van der Waals surface area contributed by atoms with Crippen LogP contribution in [-0.2, 0) is 5.41 Å². The van der Waals surface area contributed by atoms with Gasteiger partial charge in [0.25, 0.3) is 0 Å². The Kier molecular flexibility index (Phi) is 5.41. The lowest BCUT2D eigenvalue weighted by Crippen LogP contribution is -2.27. The molecule has 0 amide bonds. The second-order valence-corrected chi connectivity index (χ2v) is 7.33. The molecule has 0 radical (unpaired) electrons.